The first-order valence-electron chi connectivity index (χ1n) is 9.60. The zero-order valence-corrected chi connectivity index (χ0v) is 19.0. The van der Waals surface area contributed by atoms with Crippen LogP contribution in [0.3, 0.4) is 0 Å². The van der Waals surface area contributed by atoms with E-state index >= 15 is 0 Å². The van der Waals surface area contributed by atoms with Gasteiger partial charge < -0.3 is 0 Å². The molecule has 27 heavy (non-hydrogen) atoms. The molecular formula is C24H26Cl2Ti-2. The summed E-state index contributed by atoms with van der Waals surface area (Å²) in [6.45, 7) is 2.25. The number of rotatable bonds is 5. The predicted octanol–water partition coefficient (Wildman–Crippen LogP) is 8.08. The van der Waals surface area contributed by atoms with Gasteiger partial charge in [-0.3, -0.25) is 6.08 Å². The normalized spacial score (nSPS) is 12.8. The molecule has 2 aliphatic rings. The quantitative estimate of drug-likeness (QED) is 0.217. The van der Waals surface area contributed by atoms with Gasteiger partial charge in [0.15, 0.2) is 0 Å². The van der Waals surface area contributed by atoms with E-state index in [0.29, 0.717) is 0 Å². The molecule has 2 aromatic rings. The minimum Gasteiger partial charge on any atom is -0.179 e. The van der Waals surface area contributed by atoms with Gasteiger partial charge in [0.2, 0.25) is 0 Å². The van der Waals surface area contributed by atoms with Crippen molar-refractivity contribution >= 4 is 18.6 Å². The fourth-order valence-corrected chi connectivity index (χ4v) is 3.36. The molecule has 0 nitrogen and oxygen atoms in total. The van der Waals surface area contributed by atoms with E-state index in [2.05, 4.69) is 67.6 Å². The van der Waals surface area contributed by atoms with Crippen LogP contribution in [0.5, 0.6) is 0 Å². The van der Waals surface area contributed by atoms with E-state index in [-0.39, 0.29) is 0 Å². The fraction of sp³-hybridized carbons (Fsp3) is 0.333. The van der Waals surface area contributed by atoms with Crippen LogP contribution in [0.4, 0.5) is 0 Å². The first kappa shape index (κ1) is 22.5. The average Bonchev–Trinajstić information content (AvgIpc) is 3.34. The standard InChI is InChI=1S/C13H9.C11H17.2ClH.Ti/c1-3-7-12-10(5-1)9-11-6-2-4-8-13(11)12;1-2-3-4-5-8-11-9-6-7-10-11;;;/h1-5,7-8H,9H2;6,9H,2-5,7-8H2,1H3;2*1H;/q2*-1;;;+2/p-2. The Kier molecular flexibility index (Phi) is 11.2. The van der Waals surface area contributed by atoms with Crippen LogP contribution in [-0.2, 0) is 23.5 Å². The van der Waals surface area contributed by atoms with Gasteiger partial charge >= 0.3 is 35.6 Å². The minimum absolute atomic E-state index is 0.556. The van der Waals surface area contributed by atoms with Gasteiger partial charge in [-0.25, -0.2) is 11.6 Å². The van der Waals surface area contributed by atoms with Crippen molar-refractivity contribution in [2.45, 2.75) is 51.9 Å². The second-order valence-electron chi connectivity index (χ2n) is 6.59. The summed E-state index contributed by atoms with van der Waals surface area (Å²) < 4.78 is 0. The summed E-state index contributed by atoms with van der Waals surface area (Å²) in [6.07, 6.45) is 16.5. The number of allylic oxidation sites excluding steroid dienone is 4. The minimum atomic E-state index is -0.556. The number of halogens is 2. The SMILES string of the molecule is CCCCCCC1=[C-]CC=C1.[Cl][Ti][Cl].[c-]1cccc2c1Cc1ccccc1-2. The van der Waals surface area contributed by atoms with Crippen LogP contribution >= 0.6 is 18.6 Å². The summed E-state index contributed by atoms with van der Waals surface area (Å²) >= 11 is -0.556. The van der Waals surface area contributed by atoms with Crippen LogP contribution in [-0.4, -0.2) is 0 Å². The fourth-order valence-electron chi connectivity index (χ4n) is 3.36. The van der Waals surface area contributed by atoms with Crippen molar-refractivity contribution in [3.8, 4) is 11.1 Å². The molecule has 0 fully saturated rings. The molecule has 0 saturated heterocycles. The number of benzene rings is 2. The Hall–Kier alpha value is -0.786. The molecule has 0 radical (unpaired) electrons. The second kappa shape index (κ2) is 13.4. The molecule has 3 heteroatoms. The number of unbranched alkanes of at least 4 members (excludes halogenated alkanes) is 3. The third kappa shape index (κ3) is 7.62. The van der Waals surface area contributed by atoms with Gasteiger partial charge in [-0.1, -0.05) is 74.4 Å². The molecule has 0 heterocycles. The van der Waals surface area contributed by atoms with Gasteiger partial charge in [0.05, 0.1) is 0 Å². The van der Waals surface area contributed by atoms with E-state index in [1.165, 1.54) is 59.9 Å². The summed E-state index contributed by atoms with van der Waals surface area (Å²) in [5, 5.41) is 0. The van der Waals surface area contributed by atoms with Gasteiger partial charge in [-0.2, -0.15) is 35.9 Å². The molecule has 2 aromatic carbocycles. The Labute approximate surface area is 181 Å². The largest absolute Gasteiger partial charge is 0.179 e. The Morgan fingerprint density at radius 1 is 1.00 bits per heavy atom. The molecule has 2 aliphatic carbocycles. The third-order valence-electron chi connectivity index (χ3n) is 4.68. The molecular weight excluding hydrogens is 407 g/mol. The van der Waals surface area contributed by atoms with Crippen molar-refractivity contribution < 1.29 is 17.0 Å². The molecule has 0 aromatic heterocycles. The molecule has 0 bridgehead atoms. The Bertz CT molecular complexity index is 706. The van der Waals surface area contributed by atoms with Crippen LogP contribution < -0.4 is 0 Å². The summed E-state index contributed by atoms with van der Waals surface area (Å²) in [5.41, 5.74) is 6.94. The first-order valence-corrected chi connectivity index (χ1v) is 13.9. The molecule has 0 saturated carbocycles. The summed E-state index contributed by atoms with van der Waals surface area (Å²) in [4.78, 5) is 0. The average molecular weight is 433 g/mol. The molecule has 0 atom stereocenters. The van der Waals surface area contributed by atoms with E-state index in [1.54, 1.807) is 0 Å². The smallest absolute Gasteiger partial charge is 0.0253 e. The van der Waals surface area contributed by atoms with Crippen molar-refractivity contribution in [3.05, 3.63) is 83.5 Å². The summed E-state index contributed by atoms with van der Waals surface area (Å²) in [5.74, 6) is 0. The topological polar surface area (TPSA) is 0 Å². The van der Waals surface area contributed by atoms with Gasteiger partial charge in [0.25, 0.3) is 0 Å². The molecule has 142 valence electrons. The van der Waals surface area contributed by atoms with Gasteiger partial charge in [-0.15, -0.1) is 12.0 Å². The zero-order valence-electron chi connectivity index (χ0n) is 15.9. The second-order valence-corrected chi connectivity index (χ2v) is 9.17. The van der Waals surface area contributed by atoms with Crippen molar-refractivity contribution in [2.24, 2.45) is 0 Å². The number of fused-ring (bicyclic) bond motifs is 3. The molecule has 0 spiro atoms. The molecule has 4 rings (SSSR count). The number of hydrogen-bond donors (Lipinski definition) is 0. The predicted molar refractivity (Wildman–Crippen MR) is 114 cm³/mol. The van der Waals surface area contributed by atoms with Crippen molar-refractivity contribution in [1.29, 1.82) is 0 Å². The van der Waals surface area contributed by atoms with Crippen LogP contribution in [0.2, 0.25) is 0 Å². The van der Waals surface area contributed by atoms with E-state index in [0.717, 1.165) is 12.8 Å². The Morgan fingerprint density at radius 2 is 1.78 bits per heavy atom. The monoisotopic (exact) mass is 432 g/mol. The van der Waals surface area contributed by atoms with Gasteiger partial charge in [0.1, 0.15) is 0 Å². The van der Waals surface area contributed by atoms with Gasteiger partial charge in [-0.05, 0) is 6.42 Å². The molecule has 0 amide bonds. The maximum Gasteiger partial charge on any atom is -0.0253 e. The maximum atomic E-state index is 4.89. The molecule has 0 aliphatic heterocycles. The summed E-state index contributed by atoms with van der Waals surface area (Å²) in [7, 11) is 9.78. The van der Waals surface area contributed by atoms with Crippen molar-refractivity contribution in [2.75, 3.05) is 0 Å². The van der Waals surface area contributed by atoms with E-state index in [9.17, 15) is 0 Å². The summed E-state index contributed by atoms with van der Waals surface area (Å²) in [6, 6.07) is 18.1. The Balaban J connectivity index is 0.000000172. The Morgan fingerprint density at radius 3 is 2.52 bits per heavy atom. The van der Waals surface area contributed by atoms with Crippen LogP contribution in [0.1, 0.15) is 56.6 Å². The zero-order chi connectivity index (χ0) is 19.3. The first-order chi connectivity index (χ1) is 13.3. The van der Waals surface area contributed by atoms with E-state index in [4.69, 9.17) is 18.6 Å². The van der Waals surface area contributed by atoms with Gasteiger partial charge in [0, 0.05) is 0 Å². The third-order valence-corrected chi connectivity index (χ3v) is 4.68. The number of hydrogen-bond acceptors (Lipinski definition) is 0. The van der Waals surface area contributed by atoms with Crippen LogP contribution in [0.15, 0.2) is 60.2 Å². The van der Waals surface area contributed by atoms with Crippen LogP contribution in [0.25, 0.3) is 11.1 Å². The van der Waals surface area contributed by atoms with Crippen molar-refractivity contribution in [1.82, 2.24) is 0 Å². The van der Waals surface area contributed by atoms with Crippen molar-refractivity contribution in [3.63, 3.8) is 0 Å². The molecule has 0 unspecified atom stereocenters. The van der Waals surface area contributed by atoms with Crippen LogP contribution in [0, 0.1) is 12.1 Å². The molecule has 0 N–H and O–H groups in total. The van der Waals surface area contributed by atoms with E-state index in [1.807, 2.05) is 6.07 Å². The maximum absolute atomic E-state index is 4.89. The van der Waals surface area contributed by atoms with E-state index < -0.39 is 17.0 Å².